The molecule has 0 spiro atoms. The average molecular weight is 439 g/mol. The minimum Gasteiger partial charge on any atom is -0.497 e. The quantitative estimate of drug-likeness (QED) is 0.462. The van der Waals surface area contributed by atoms with Crippen LogP contribution in [0.2, 0.25) is 5.02 Å². The lowest BCUT2D eigenvalue weighted by Crippen LogP contribution is -2.33. The summed E-state index contributed by atoms with van der Waals surface area (Å²) in [4.78, 5) is 34.0. The van der Waals surface area contributed by atoms with Crippen molar-refractivity contribution in [2.75, 3.05) is 7.11 Å². The predicted molar refractivity (Wildman–Crippen MR) is 119 cm³/mol. The molecule has 0 unspecified atom stereocenters. The van der Waals surface area contributed by atoms with Gasteiger partial charge in [0, 0.05) is 40.3 Å². The Morgan fingerprint density at radius 3 is 2.80 bits per heavy atom. The molecule has 5 rings (SSSR count). The molecule has 0 saturated carbocycles. The Labute approximate surface area is 178 Å². The van der Waals surface area contributed by atoms with Crippen LogP contribution in [0.15, 0.2) is 58.5 Å². The van der Waals surface area contributed by atoms with Gasteiger partial charge in [0.15, 0.2) is 0 Å². The summed E-state index contributed by atoms with van der Waals surface area (Å²) in [7, 11) is 3.43. The zero-order valence-corrected chi connectivity index (χ0v) is 17.5. The zero-order chi connectivity index (χ0) is 21.0. The van der Waals surface area contributed by atoms with Crippen LogP contribution in [0.4, 0.5) is 0 Å². The number of nitrogens with zero attached hydrogens (tertiary/aromatic N) is 3. The van der Waals surface area contributed by atoms with Crippen LogP contribution in [0.3, 0.4) is 0 Å². The van der Waals surface area contributed by atoms with E-state index in [0.717, 1.165) is 25.9 Å². The number of aromatic amines is 1. The number of rotatable bonds is 3. The fraction of sp³-hybridized carbons (Fsp3) is 0.0952. The minimum absolute atomic E-state index is 0.403. The van der Waals surface area contributed by atoms with E-state index >= 15 is 0 Å². The van der Waals surface area contributed by atoms with Crippen LogP contribution in [0.25, 0.3) is 37.2 Å². The maximum atomic E-state index is 13.3. The van der Waals surface area contributed by atoms with Crippen LogP contribution in [-0.2, 0) is 7.05 Å². The molecule has 30 heavy (non-hydrogen) atoms. The number of aryl methyl sites for hydroxylation is 1. The Balaban J connectivity index is 1.79. The van der Waals surface area contributed by atoms with Gasteiger partial charge in [-0.15, -0.1) is 11.3 Å². The summed E-state index contributed by atoms with van der Waals surface area (Å²) in [6.45, 7) is 0. The Morgan fingerprint density at radius 2 is 2.00 bits per heavy atom. The topological polar surface area (TPSA) is 81.9 Å². The number of fused-ring (bicyclic) bond motifs is 2. The second kappa shape index (κ2) is 6.86. The van der Waals surface area contributed by atoms with Crippen molar-refractivity contribution in [1.29, 1.82) is 0 Å². The Morgan fingerprint density at radius 1 is 1.17 bits per heavy atom. The summed E-state index contributed by atoms with van der Waals surface area (Å²) in [5, 5.41) is 1.37. The van der Waals surface area contributed by atoms with E-state index in [1.807, 2.05) is 23.9 Å². The van der Waals surface area contributed by atoms with E-state index in [4.69, 9.17) is 16.3 Å². The number of nitrogens with one attached hydrogen (secondary N) is 1. The first-order valence-corrected chi connectivity index (χ1v) is 10.2. The predicted octanol–water partition coefficient (Wildman–Crippen LogP) is 3.96. The number of methoxy groups -OCH3 is 1. The normalized spacial score (nSPS) is 11.4. The zero-order valence-electron chi connectivity index (χ0n) is 16.0. The smallest absolute Gasteiger partial charge is 0.333 e. The summed E-state index contributed by atoms with van der Waals surface area (Å²) in [6.07, 6.45) is 5.09. The first-order chi connectivity index (χ1) is 14.5. The van der Waals surface area contributed by atoms with Gasteiger partial charge < -0.3 is 14.3 Å². The van der Waals surface area contributed by atoms with Gasteiger partial charge in [-0.2, -0.15) is 0 Å². The molecule has 0 amide bonds. The van der Waals surface area contributed by atoms with Gasteiger partial charge in [0.05, 0.1) is 30.0 Å². The van der Waals surface area contributed by atoms with Gasteiger partial charge in [0.2, 0.25) is 0 Å². The van der Waals surface area contributed by atoms with Crippen LogP contribution in [-0.4, -0.2) is 26.2 Å². The molecule has 0 aliphatic carbocycles. The third-order valence-electron chi connectivity index (χ3n) is 5.01. The molecule has 0 aliphatic heterocycles. The van der Waals surface area contributed by atoms with Crippen molar-refractivity contribution in [2.24, 2.45) is 7.05 Å². The molecule has 0 fully saturated rings. The summed E-state index contributed by atoms with van der Waals surface area (Å²) in [5.74, 6) is 0.652. The lowest BCUT2D eigenvalue weighted by molar-refractivity contribution is 0.415. The van der Waals surface area contributed by atoms with Gasteiger partial charge in [-0.05, 0) is 30.3 Å². The SMILES string of the molecule is COc1ccc(Cl)c(-c2cc3[nH]c(=O)n(-c4cncc5ccn(C)c45)c(=O)c3s2)c1. The van der Waals surface area contributed by atoms with E-state index in [1.54, 1.807) is 37.6 Å². The second-order valence-electron chi connectivity index (χ2n) is 6.79. The molecule has 0 bridgehead atoms. The Bertz CT molecular complexity index is 1560. The van der Waals surface area contributed by atoms with Crippen LogP contribution >= 0.6 is 22.9 Å². The molecule has 1 aromatic carbocycles. The fourth-order valence-electron chi connectivity index (χ4n) is 3.57. The van der Waals surface area contributed by atoms with Gasteiger partial charge in [-0.25, -0.2) is 9.36 Å². The minimum atomic E-state index is -0.524. The largest absolute Gasteiger partial charge is 0.497 e. The van der Waals surface area contributed by atoms with Gasteiger partial charge in [0.1, 0.15) is 10.4 Å². The molecule has 9 heteroatoms. The summed E-state index contributed by atoms with van der Waals surface area (Å²) in [6, 6.07) is 8.95. The van der Waals surface area contributed by atoms with Crippen LogP contribution < -0.4 is 16.0 Å². The maximum Gasteiger partial charge on any atom is 0.333 e. The van der Waals surface area contributed by atoms with Crippen molar-refractivity contribution in [2.45, 2.75) is 0 Å². The number of thiophene rings is 1. The first-order valence-electron chi connectivity index (χ1n) is 9.00. The van der Waals surface area contributed by atoms with Gasteiger partial charge >= 0.3 is 5.69 Å². The Hall–Kier alpha value is -3.36. The fourth-order valence-corrected chi connectivity index (χ4v) is 4.92. The number of ether oxygens (including phenoxy) is 1. The molecule has 4 aromatic heterocycles. The standard InChI is InChI=1S/C21H15ClN4O3S/c1-25-6-5-11-9-23-10-16(18(11)25)26-20(27)19-15(24-21(26)28)8-17(30-19)13-7-12(29-2)3-4-14(13)22/h3-10H,1-2H3,(H,24,28). The monoisotopic (exact) mass is 438 g/mol. The molecule has 5 aromatic rings. The van der Waals surface area contributed by atoms with Crippen molar-refractivity contribution >= 4 is 44.1 Å². The highest BCUT2D eigenvalue weighted by molar-refractivity contribution is 7.22. The number of H-pyrrole nitrogens is 1. The molecule has 0 radical (unpaired) electrons. The molecule has 7 nitrogen and oxygen atoms in total. The Kier molecular flexibility index (Phi) is 4.27. The summed E-state index contributed by atoms with van der Waals surface area (Å²) >= 11 is 7.64. The third kappa shape index (κ3) is 2.76. The molecule has 1 N–H and O–H groups in total. The molecular weight excluding hydrogens is 424 g/mol. The summed E-state index contributed by atoms with van der Waals surface area (Å²) < 4.78 is 8.70. The second-order valence-corrected chi connectivity index (χ2v) is 8.25. The lowest BCUT2D eigenvalue weighted by Gasteiger charge is -2.07. The van der Waals surface area contributed by atoms with Crippen molar-refractivity contribution in [3.05, 3.63) is 74.8 Å². The highest BCUT2D eigenvalue weighted by Gasteiger charge is 2.18. The highest BCUT2D eigenvalue weighted by Crippen LogP contribution is 2.37. The van der Waals surface area contributed by atoms with Crippen LogP contribution in [0.5, 0.6) is 5.75 Å². The summed E-state index contributed by atoms with van der Waals surface area (Å²) in [5.41, 5.74) is 1.46. The van der Waals surface area contributed by atoms with Gasteiger partial charge in [-0.1, -0.05) is 11.6 Å². The number of benzene rings is 1. The van der Waals surface area contributed by atoms with Crippen molar-refractivity contribution in [1.82, 2.24) is 19.1 Å². The molecule has 0 saturated heterocycles. The van der Waals surface area contributed by atoms with E-state index in [9.17, 15) is 9.59 Å². The molecule has 0 atom stereocenters. The van der Waals surface area contributed by atoms with E-state index < -0.39 is 11.2 Å². The number of halogens is 1. The lowest BCUT2D eigenvalue weighted by atomic mass is 10.2. The molecular formula is C21H15ClN4O3S. The van der Waals surface area contributed by atoms with Crippen molar-refractivity contribution in [3.63, 3.8) is 0 Å². The number of pyridine rings is 1. The van der Waals surface area contributed by atoms with E-state index in [0.29, 0.717) is 26.7 Å². The average Bonchev–Trinajstić information content (AvgIpc) is 3.33. The third-order valence-corrected chi connectivity index (χ3v) is 6.50. The maximum absolute atomic E-state index is 13.3. The molecule has 4 heterocycles. The van der Waals surface area contributed by atoms with Gasteiger partial charge in [-0.3, -0.25) is 9.78 Å². The van der Waals surface area contributed by atoms with Gasteiger partial charge in [0.25, 0.3) is 5.56 Å². The first kappa shape index (κ1) is 18.7. The molecule has 150 valence electrons. The molecule has 0 aliphatic rings. The van der Waals surface area contributed by atoms with Crippen molar-refractivity contribution in [3.8, 4) is 21.9 Å². The number of aromatic nitrogens is 4. The van der Waals surface area contributed by atoms with Crippen molar-refractivity contribution < 1.29 is 4.74 Å². The van der Waals surface area contributed by atoms with E-state index in [-0.39, 0.29) is 0 Å². The van der Waals surface area contributed by atoms with E-state index in [1.165, 1.54) is 17.5 Å². The highest BCUT2D eigenvalue weighted by atomic mass is 35.5. The van der Waals surface area contributed by atoms with Crippen LogP contribution in [0, 0.1) is 0 Å². The number of hydrogen-bond acceptors (Lipinski definition) is 5. The van der Waals surface area contributed by atoms with Crippen LogP contribution in [0.1, 0.15) is 0 Å². The van der Waals surface area contributed by atoms with E-state index in [2.05, 4.69) is 9.97 Å². The number of hydrogen-bond donors (Lipinski definition) is 1.